The lowest BCUT2D eigenvalue weighted by molar-refractivity contribution is -0.120. The molecule has 1 amide bonds. The summed E-state index contributed by atoms with van der Waals surface area (Å²) >= 11 is 3.16. The lowest BCUT2D eigenvalue weighted by atomic mass is 9.83. The van der Waals surface area contributed by atoms with Gasteiger partial charge in [-0.25, -0.2) is 4.98 Å². The minimum atomic E-state index is -0.131. The average molecular weight is 399 g/mol. The fourth-order valence-corrected chi connectivity index (χ4v) is 5.46. The van der Waals surface area contributed by atoms with Crippen molar-refractivity contribution >= 4 is 43.9 Å². The molecule has 2 heterocycles. The highest BCUT2D eigenvalue weighted by Gasteiger charge is 2.32. The van der Waals surface area contributed by atoms with Crippen molar-refractivity contribution in [2.24, 2.45) is 11.8 Å². The Labute approximate surface area is 166 Å². The SMILES string of the molecule is CC(C)Cc1nnc(NC(=O)[C@@H]2CC=CC[C@@H]2c2nc3ccccc3s2)s1. The molecule has 0 fully saturated rings. The zero-order valence-electron chi connectivity index (χ0n) is 15.4. The van der Waals surface area contributed by atoms with Gasteiger partial charge in [0.2, 0.25) is 11.0 Å². The second-order valence-corrected chi connectivity index (χ2v) is 9.39. The van der Waals surface area contributed by atoms with E-state index in [2.05, 4.69) is 47.6 Å². The summed E-state index contributed by atoms with van der Waals surface area (Å²) in [7, 11) is 0. The summed E-state index contributed by atoms with van der Waals surface area (Å²) in [6.45, 7) is 4.30. The third-order valence-corrected chi connectivity index (χ3v) is 6.71. The van der Waals surface area contributed by atoms with Crippen molar-refractivity contribution in [3.63, 3.8) is 0 Å². The zero-order chi connectivity index (χ0) is 18.8. The molecule has 0 radical (unpaired) electrons. The first-order valence-corrected chi connectivity index (χ1v) is 10.9. The van der Waals surface area contributed by atoms with Crippen LogP contribution in [0.3, 0.4) is 0 Å². The van der Waals surface area contributed by atoms with Gasteiger partial charge in [-0.3, -0.25) is 4.79 Å². The van der Waals surface area contributed by atoms with E-state index in [4.69, 9.17) is 4.98 Å². The van der Waals surface area contributed by atoms with Crippen molar-refractivity contribution in [1.29, 1.82) is 0 Å². The Morgan fingerprint density at radius 3 is 2.81 bits per heavy atom. The summed E-state index contributed by atoms with van der Waals surface area (Å²) in [5.41, 5.74) is 1.01. The number of anilines is 1. The predicted octanol–water partition coefficient (Wildman–Crippen LogP) is 5.03. The number of allylic oxidation sites excluding steroid dienone is 2. The lowest BCUT2D eigenvalue weighted by Gasteiger charge is -2.25. The van der Waals surface area contributed by atoms with Crippen LogP contribution in [0, 0.1) is 11.8 Å². The summed E-state index contributed by atoms with van der Waals surface area (Å²) in [6.07, 6.45) is 6.70. The molecule has 4 rings (SSSR count). The summed E-state index contributed by atoms with van der Waals surface area (Å²) < 4.78 is 1.17. The van der Waals surface area contributed by atoms with Crippen LogP contribution in [0.4, 0.5) is 5.13 Å². The van der Waals surface area contributed by atoms with E-state index < -0.39 is 0 Å². The van der Waals surface area contributed by atoms with E-state index in [0.717, 1.165) is 34.8 Å². The van der Waals surface area contributed by atoms with Gasteiger partial charge in [0.15, 0.2) is 0 Å². The van der Waals surface area contributed by atoms with E-state index in [1.54, 1.807) is 11.3 Å². The van der Waals surface area contributed by atoms with Crippen LogP contribution in [-0.2, 0) is 11.2 Å². The van der Waals surface area contributed by atoms with Crippen molar-refractivity contribution in [2.75, 3.05) is 5.32 Å². The summed E-state index contributed by atoms with van der Waals surface area (Å²) in [6, 6.07) is 8.14. The van der Waals surface area contributed by atoms with Crippen LogP contribution < -0.4 is 5.32 Å². The highest BCUT2D eigenvalue weighted by molar-refractivity contribution is 7.18. The molecule has 0 saturated heterocycles. The largest absolute Gasteiger partial charge is 0.300 e. The number of benzene rings is 1. The van der Waals surface area contributed by atoms with Gasteiger partial charge in [-0.15, -0.1) is 21.5 Å². The topological polar surface area (TPSA) is 67.8 Å². The molecular formula is C20H22N4OS2. The van der Waals surface area contributed by atoms with Gasteiger partial charge in [-0.2, -0.15) is 0 Å². The third-order valence-electron chi connectivity index (χ3n) is 4.68. The normalized spacial score (nSPS) is 19.7. The summed E-state index contributed by atoms with van der Waals surface area (Å²) in [5, 5.41) is 13.9. The number of nitrogens with zero attached hydrogens (tertiary/aromatic N) is 3. The molecule has 0 unspecified atom stereocenters. The zero-order valence-corrected chi connectivity index (χ0v) is 17.0. The predicted molar refractivity (Wildman–Crippen MR) is 111 cm³/mol. The van der Waals surface area contributed by atoms with Crippen molar-refractivity contribution < 1.29 is 4.79 Å². The molecule has 1 aliphatic carbocycles. The van der Waals surface area contributed by atoms with E-state index in [1.165, 1.54) is 16.0 Å². The molecule has 1 aliphatic rings. The number of amides is 1. The van der Waals surface area contributed by atoms with Crippen molar-refractivity contribution in [3.8, 4) is 0 Å². The van der Waals surface area contributed by atoms with Gasteiger partial charge in [-0.05, 0) is 30.9 Å². The van der Waals surface area contributed by atoms with Gasteiger partial charge in [-0.1, -0.05) is 49.5 Å². The van der Waals surface area contributed by atoms with Crippen molar-refractivity contribution in [3.05, 3.63) is 46.4 Å². The molecule has 1 N–H and O–H groups in total. The minimum Gasteiger partial charge on any atom is -0.300 e. The van der Waals surface area contributed by atoms with Gasteiger partial charge in [0.05, 0.1) is 21.1 Å². The van der Waals surface area contributed by atoms with Gasteiger partial charge < -0.3 is 5.32 Å². The summed E-state index contributed by atoms with van der Waals surface area (Å²) in [5.74, 6) is 0.507. The van der Waals surface area contributed by atoms with Crippen LogP contribution in [0.2, 0.25) is 0 Å². The Hall–Kier alpha value is -2.12. The number of hydrogen-bond donors (Lipinski definition) is 1. The van der Waals surface area contributed by atoms with Crippen LogP contribution in [0.15, 0.2) is 36.4 Å². The van der Waals surface area contributed by atoms with Crippen LogP contribution in [0.25, 0.3) is 10.2 Å². The third kappa shape index (κ3) is 4.09. The van der Waals surface area contributed by atoms with E-state index in [1.807, 2.05) is 18.2 Å². The lowest BCUT2D eigenvalue weighted by Crippen LogP contribution is -2.29. The number of fused-ring (bicyclic) bond motifs is 1. The first-order chi connectivity index (χ1) is 13.1. The minimum absolute atomic E-state index is 0.0100. The standard InChI is InChI=1S/C20H22N4OS2/c1-12(2)11-17-23-24-20(27-17)22-18(25)13-7-3-4-8-14(13)19-21-15-9-5-6-10-16(15)26-19/h3-6,9-10,12-14H,7-8,11H2,1-2H3,(H,22,24,25)/t13-,14+/m1/s1. The molecule has 0 saturated carbocycles. The quantitative estimate of drug-likeness (QED) is 0.612. The van der Waals surface area contributed by atoms with Crippen molar-refractivity contribution in [2.45, 2.75) is 39.0 Å². The van der Waals surface area contributed by atoms with Crippen molar-refractivity contribution in [1.82, 2.24) is 15.2 Å². The Morgan fingerprint density at radius 2 is 2.00 bits per heavy atom. The van der Waals surface area contributed by atoms with Crippen LogP contribution in [0.1, 0.15) is 42.6 Å². The average Bonchev–Trinajstić information content (AvgIpc) is 3.27. The molecule has 0 spiro atoms. The second kappa shape index (κ2) is 7.86. The van der Waals surface area contributed by atoms with Gasteiger partial charge in [0, 0.05) is 12.3 Å². The van der Waals surface area contributed by atoms with E-state index in [9.17, 15) is 4.79 Å². The maximum absolute atomic E-state index is 13.0. The van der Waals surface area contributed by atoms with E-state index in [-0.39, 0.29) is 17.7 Å². The molecule has 27 heavy (non-hydrogen) atoms. The Kier molecular flexibility index (Phi) is 5.31. The van der Waals surface area contributed by atoms with Crippen LogP contribution in [0.5, 0.6) is 0 Å². The maximum Gasteiger partial charge on any atom is 0.230 e. The molecule has 2 aromatic heterocycles. The molecular weight excluding hydrogens is 376 g/mol. The van der Waals surface area contributed by atoms with E-state index in [0.29, 0.717) is 11.0 Å². The molecule has 1 aromatic carbocycles. The fraction of sp³-hybridized carbons (Fsp3) is 0.400. The summed E-state index contributed by atoms with van der Waals surface area (Å²) in [4.78, 5) is 17.8. The number of para-hydroxylation sites is 1. The van der Waals surface area contributed by atoms with Gasteiger partial charge in [0.1, 0.15) is 5.01 Å². The Balaban J connectivity index is 1.52. The molecule has 0 aliphatic heterocycles. The molecule has 140 valence electrons. The number of nitrogens with one attached hydrogen (secondary N) is 1. The second-order valence-electron chi connectivity index (χ2n) is 7.26. The fourth-order valence-electron chi connectivity index (χ4n) is 3.36. The number of carbonyl (C=O) groups excluding carboxylic acids is 1. The van der Waals surface area contributed by atoms with Gasteiger partial charge >= 0.3 is 0 Å². The highest BCUT2D eigenvalue weighted by Crippen LogP contribution is 2.39. The van der Waals surface area contributed by atoms with E-state index >= 15 is 0 Å². The number of rotatable bonds is 5. The van der Waals surface area contributed by atoms with Gasteiger partial charge in [0.25, 0.3) is 0 Å². The molecule has 0 bridgehead atoms. The highest BCUT2D eigenvalue weighted by atomic mass is 32.1. The van der Waals surface area contributed by atoms with Crippen LogP contribution >= 0.6 is 22.7 Å². The smallest absolute Gasteiger partial charge is 0.230 e. The Bertz CT molecular complexity index is 942. The number of hydrogen-bond acceptors (Lipinski definition) is 6. The molecule has 2 atom stereocenters. The first kappa shape index (κ1) is 18.3. The molecule has 3 aromatic rings. The number of carbonyl (C=O) groups is 1. The monoisotopic (exact) mass is 398 g/mol. The van der Waals surface area contributed by atoms with Crippen LogP contribution in [-0.4, -0.2) is 21.1 Å². The maximum atomic E-state index is 13.0. The first-order valence-electron chi connectivity index (χ1n) is 9.24. The number of aromatic nitrogens is 3. The molecule has 7 heteroatoms. The number of thiazole rings is 1. The molecule has 5 nitrogen and oxygen atoms in total. The Morgan fingerprint density at radius 1 is 1.19 bits per heavy atom.